The number of likely N-dealkylation sites (N-methyl/N-ethyl adjacent to an activating group) is 1. The lowest BCUT2D eigenvalue weighted by molar-refractivity contribution is -0.125. The van der Waals surface area contributed by atoms with Crippen LogP contribution in [0, 0.1) is 0 Å². The zero-order valence-corrected chi connectivity index (χ0v) is 14.8. The molecule has 25 heavy (non-hydrogen) atoms. The summed E-state index contributed by atoms with van der Waals surface area (Å²) in [6.45, 7) is 2.18. The number of nitrogens with one attached hydrogen (secondary N) is 2. The Labute approximate surface area is 148 Å². The van der Waals surface area contributed by atoms with Crippen LogP contribution in [0.1, 0.15) is 12.1 Å². The normalized spacial score (nSPS) is 26.1. The van der Waals surface area contributed by atoms with Crippen molar-refractivity contribution in [1.29, 1.82) is 0 Å². The first-order valence-electron chi connectivity index (χ1n) is 8.51. The number of aliphatic hydroxyl groups excluding tert-OH is 2. The van der Waals surface area contributed by atoms with Crippen LogP contribution >= 0.6 is 0 Å². The molecule has 0 bridgehead atoms. The number of rotatable bonds is 9. The van der Waals surface area contributed by atoms with E-state index < -0.39 is 24.4 Å². The van der Waals surface area contributed by atoms with Crippen LogP contribution in [-0.4, -0.2) is 84.1 Å². The van der Waals surface area contributed by atoms with E-state index in [-0.39, 0.29) is 12.3 Å². The summed E-state index contributed by atoms with van der Waals surface area (Å²) in [7, 11) is 3.85. The molecule has 1 aromatic rings. The van der Waals surface area contributed by atoms with Gasteiger partial charge in [0.05, 0.1) is 24.3 Å². The number of nitrogens with zero attached hydrogens (tertiary/aromatic N) is 2. The van der Waals surface area contributed by atoms with Gasteiger partial charge in [-0.3, -0.25) is 9.78 Å². The SMILES string of the molecule is CN(C)CCNC(=O)CC1OC(CNCc2ccccn2)C(O)C1O. The van der Waals surface area contributed by atoms with Gasteiger partial charge in [-0.25, -0.2) is 0 Å². The Hall–Kier alpha value is -1.58. The molecular formula is C17H28N4O4. The Kier molecular flexibility index (Phi) is 7.73. The molecule has 0 aliphatic carbocycles. The number of ether oxygens (including phenoxy) is 1. The third kappa shape index (κ3) is 6.33. The summed E-state index contributed by atoms with van der Waals surface area (Å²) < 4.78 is 5.67. The van der Waals surface area contributed by atoms with Gasteiger partial charge < -0.3 is 30.5 Å². The quantitative estimate of drug-likeness (QED) is 0.439. The Morgan fingerprint density at radius 2 is 2.04 bits per heavy atom. The maximum atomic E-state index is 11.9. The minimum Gasteiger partial charge on any atom is -0.388 e. The molecule has 2 rings (SSSR count). The van der Waals surface area contributed by atoms with Gasteiger partial charge in [0.25, 0.3) is 0 Å². The van der Waals surface area contributed by atoms with Gasteiger partial charge in [-0.1, -0.05) is 6.07 Å². The topological polar surface area (TPSA) is 107 Å². The molecule has 2 heterocycles. The van der Waals surface area contributed by atoms with Crippen molar-refractivity contribution >= 4 is 5.91 Å². The number of hydrogen-bond acceptors (Lipinski definition) is 7. The molecule has 1 saturated heterocycles. The van der Waals surface area contributed by atoms with Crippen LogP contribution in [0.25, 0.3) is 0 Å². The Morgan fingerprint density at radius 3 is 2.72 bits per heavy atom. The highest BCUT2D eigenvalue weighted by Crippen LogP contribution is 2.23. The fourth-order valence-electron chi connectivity index (χ4n) is 2.68. The van der Waals surface area contributed by atoms with Crippen LogP contribution in [0.4, 0.5) is 0 Å². The summed E-state index contributed by atoms with van der Waals surface area (Å²) >= 11 is 0. The highest BCUT2D eigenvalue weighted by Gasteiger charge is 2.42. The molecule has 1 aromatic heterocycles. The van der Waals surface area contributed by atoms with Crippen molar-refractivity contribution in [2.45, 2.75) is 37.4 Å². The number of hydrogen-bond donors (Lipinski definition) is 4. The maximum Gasteiger partial charge on any atom is 0.222 e. The molecule has 8 heteroatoms. The minimum atomic E-state index is -1.07. The summed E-state index contributed by atoms with van der Waals surface area (Å²) in [6.07, 6.45) is -1.60. The molecule has 4 atom stereocenters. The van der Waals surface area contributed by atoms with Crippen LogP contribution in [-0.2, 0) is 16.1 Å². The molecule has 0 aromatic carbocycles. The first kappa shape index (κ1) is 19.7. The van der Waals surface area contributed by atoms with Gasteiger partial charge in [0.1, 0.15) is 12.2 Å². The molecule has 0 saturated carbocycles. The minimum absolute atomic E-state index is 0.0302. The third-order valence-corrected chi connectivity index (χ3v) is 4.11. The van der Waals surface area contributed by atoms with E-state index in [9.17, 15) is 15.0 Å². The molecule has 0 spiro atoms. The summed E-state index contributed by atoms with van der Waals surface area (Å²) in [5, 5.41) is 26.2. The van der Waals surface area contributed by atoms with Gasteiger partial charge >= 0.3 is 0 Å². The number of aromatic nitrogens is 1. The Bertz CT molecular complexity index is 529. The molecule has 1 fully saturated rings. The van der Waals surface area contributed by atoms with Gasteiger partial charge in [0.15, 0.2) is 0 Å². The lowest BCUT2D eigenvalue weighted by Crippen LogP contribution is -2.38. The second-order valence-electron chi connectivity index (χ2n) is 6.50. The molecule has 4 unspecified atom stereocenters. The van der Waals surface area contributed by atoms with Crippen LogP contribution in [0.5, 0.6) is 0 Å². The van der Waals surface area contributed by atoms with Crippen molar-refractivity contribution in [2.24, 2.45) is 0 Å². The second kappa shape index (κ2) is 9.79. The van der Waals surface area contributed by atoms with Gasteiger partial charge in [-0.2, -0.15) is 0 Å². The van der Waals surface area contributed by atoms with Gasteiger partial charge in [0, 0.05) is 32.4 Å². The summed E-state index contributed by atoms with van der Waals surface area (Å²) in [6, 6.07) is 5.64. The van der Waals surface area contributed by atoms with Crippen molar-refractivity contribution in [3.05, 3.63) is 30.1 Å². The monoisotopic (exact) mass is 352 g/mol. The smallest absolute Gasteiger partial charge is 0.222 e. The van der Waals surface area contributed by atoms with Crippen LogP contribution in [0.15, 0.2) is 24.4 Å². The molecule has 1 aliphatic heterocycles. The van der Waals surface area contributed by atoms with Crippen LogP contribution in [0.3, 0.4) is 0 Å². The number of carbonyl (C=O) groups is 1. The van der Waals surface area contributed by atoms with E-state index in [4.69, 9.17) is 4.74 Å². The van der Waals surface area contributed by atoms with Crippen molar-refractivity contribution in [3.8, 4) is 0 Å². The average Bonchev–Trinajstić information content (AvgIpc) is 2.84. The van der Waals surface area contributed by atoms with Crippen LogP contribution < -0.4 is 10.6 Å². The summed E-state index contributed by atoms with van der Waals surface area (Å²) in [4.78, 5) is 18.1. The Balaban J connectivity index is 1.73. The van der Waals surface area contributed by atoms with Crippen molar-refractivity contribution < 1.29 is 19.7 Å². The van der Waals surface area contributed by atoms with Gasteiger partial charge in [-0.15, -0.1) is 0 Å². The standard InChI is InChI=1S/C17H28N4O4/c1-21(2)8-7-20-15(22)9-13-16(23)17(24)14(25-13)11-18-10-12-5-3-4-6-19-12/h3-6,13-14,16-18,23-24H,7-11H2,1-2H3,(H,20,22). The Morgan fingerprint density at radius 1 is 1.28 bits per heavy atom. The second-order valence-corrected chi connectivity index (χ2v) is 6.50. The van der Waals surface area contributed by atoms with Crippen molar-refractivity contribution in [1.82, 2.24) is 20.5 Å². The van der Waals surface area contributed by atoms with Crippen molar-refractivity contribution in [3.63, 3.8) is 0 Å². The summed E-state index contributed by atoms with van der Waals surface area (Å²) in [5.41, 5.74) is 0.882. The zero-order chi connectivity index (χ0) is 18.2. The molecular weight excluding hydrogens is 324 g/mol. The number of pyridine rings is 1. The molecule has 0 radical (unpaired) electrons. The van der Waals surface area contributed by atoms with E-state index in [1.54, 1.807) is 6.20 Å². The third-order valence-electron chi connectivity index (χ3n) is 4.11. The van der Waals surface area contributed by atoms with Crippen LogP contribution in [0.2, 0.25) is 0 Å². The largest absolute Gasteiger partial charge is 0.388 e. The van der Waals surface area contributed by atoms with E-state index >= 15 is 0 Å². The van der Waals surface area contributed by atoms with E-state index in [1.807, 2.05) is 37.2 Å². The lowest BCUT2D eigenvalue weighted by atomic mass is 10.1. The van der Waals surface area contributed by atoms with Crippen molar-refractivity contribution in [2.75, 3.05) is 33.7 Å². The first-order chi connectivity index (χ1) is 12.0. The molecule has 8 nitrogen and oxygen atoms in total. The van der Waals surface area contributed by atoms with Gasteiger partial charge in [0.2, 0.25) is 5.91 Å². The van der Waals surface area contributed by atoms with Gasteiger partial charge in [-0.05, 0) is 26.2 Å². The fraction of sp³-hybridized carbons (Fsp3) is 0.647. The van der Waals surface area contributed by atoms with E-state index in [0.717, 1.165) is 12.2 Å². The predicted molar refractivity (Wildman–Crippen MR) is 92.8 cm³/mol. The fourth-order valence-corrected chi connectivity index (χ4v) is 2.68. The molecule has 1 amide bonds. The average molecular weight is 352 g/mol. The van der Waals surface area contributed by atoms with E-state index in [0.29, 0.717) is 19.6 Å². The predicted octanol–water partition coefficient (Wildman–Crippen LogP) is -1.27. The lowest BCUT2D eigenvalue weighted by Gasteiger charge is -2.15. The van der Waals surface area contributed by atoms with E-state index in [2.05, 4.69) is 15.6 Å². The number of carbonyl (C=O) groups excluding carboxylic acids is 1. The number of amides is 1. The zero-order valence-electron chi connectivity index (χ0n) is 14.8. The highest BCUT2D eigenvalue weighted by atomic mass is 16.5. The highest BCUT2D eigenvalue weighted by molar-refractivity contribution is 5.76. The molecule has 140 valence electrons. The molecule has 1 aliphatic rings. The first-order valence-corrected chi connectivity index (χ1v) is 8.51. The van der Waals surface area contributed by atoms with E-state index in [1.165, 1.54) is 0 Å². The maximum absolute atomic E-state index is 11.9. The molecule has 4 N–H and O–H groups in total. The number of aliphatic hydroxyl groups is 2. The summed E-state index contributed by atoms with van der Waals surface area (Å²) in [5.74, 6) is -0.194.